The Hall–Kier alpha value is -1.07. The molecule has 0 aromatic heterocycles. The number of thiocarbonyl (C=S) groups is 1. The Morgan fingerprint density at radius 1 is 1.00 bits per heavy atom. The molecule has 7 nitrogen and oxygen atoms in total. The third-order valence-corrected chi connectivity index (χ3v) is 9.86. The van der Waals surface area contributed by atoms with Gasteiger partial charge in [0, 0.05) is 54.6 Å². The molecule has 1 aromatic rings. The molecule has 2 saturated heterocycles. The van der Waals surface area contributed by atoms with Crippen LogP contribution in [0.25, 0.3) is 0 Å². The lowest BCUT2D eigenvalue weighted by atomic mass is 9.99. The molecule has 0 spiro atoms. The van der Waals surface area contributed by atoms with Gasteiger partial charge in [0.25, 0.3) is 10.0 Å². The van der Waals surface area contributed by atoms with Crippen LogP contribution < -0.4 is 9.46 Å². The van der Waals surface area contributed by atoms with E-state index in [0.29, 0.717) is 34.9 Å². The Kier molecular flexibility index (Phi) is 9.13. The summed E-state index contributed by atoms with van der Waals surface area (Å²) < 4.78 is 33.7. The molecule has 0 bridgehead atoms. The number of hydrogen-bond acceptors (Lipinski definition) is 6. The van der Waals surface area contributed by atoms with Gasteiger partial charge in [0.15, 0.2) is 0 Å². The summed E-state index contributed by atoms with van der Waals surface area (Å²) in [5.74, 6) is 0.710. The second-order valence-electron chi connectivity index (χ2n) is 8.93. The molecule has 36 heavy (non-hydrogen) atoms. The number of carbonyl (C=O) groups is 1. The van der Waals surface area contributed by atoms with Crippen LogP contribution in [-0.4, -0.2) is 67.4 Å². The third kappa shape index (κ3) is 6.67. The van der Waals surface area contributed by atoms with Crippen molar-refractivity contribution in [3.05, 3.63) is 49.3 Å². The van der Waals surface area contributed by atoms with Gasteiger partial charge < -0.3 is 9.64 Å². The summed E-state index contributed by atoms with van der Waals surface area (Å²) in [4.78, 5) is 16.6. The highest BCUT2D eigenvalue weighted by Crippen LogP contribution is 2.31. The summed E-state index contributed by atoms with van der Waals surface area (Å²) >= 11 is 29.2. The van der Waals surface area contributed by atoms with Crippen molar-refractivity contribution in [1.82, 2.24) is 14.5 Å². The molecule has 4 rings (SSSR count). The van der Waals surface area contributed by atoms with Crippen molar-refractivity contribution in [2.24, 2.45) is 0 Å². The van der Waals surface area contributed by atoms with Crippen LogP contribution in [0.2, 0.25) is 10.0 Å². The number of amides is 2. The van der Waals surface area contributed by atoms with Crippen LogP contribution in [-0.2, 0) is 10.0 Å². The summed E-state index contributed by atoms with van der Waals surface area (Å²) in [6.07, 6.45) is 4.81. The molecule has 0 saturated carbocycles. The third-order valence-electron chi connectivity index (χ3n) is 6.53. The van der Waals surface area contributed by atoms with Crippen LogP contribution in [0.3, 0.4) is 0 Å². The first-order valence-corrected chi connectivity index (χ1v) is 14.9. The van der Waals surface area contributed by atoms with E-state index in [-0.39, 0.29) is 32.4 Å². The zero-order valence-electron chi connectivity index (χ0n) is 19.2. The molecule has 1 N–H and O–H groups in total. The lowest BCUT2D eigenvalue weighted by Crippen LogP contribution is -2.52. The van der Waals surface area contributed by atoms with Gasteiger partial charge in [-0.15, -0.1) is 0 Å². The van der Waals surface area contributed by atoms with Crippen molar-refractivity contribution in [1.29, 1.82) is 0 Å². The minimum atomic E-state index is -4.20. The van der Waals surface area contributed by atoms with Gasteiger partial charge in [-0.05, 0) is 43.9 Å². The molecule has 2 fully saturated rings. The number of urea groups is 1. The lowest BCUT2D eigenvalue weighted by molar-refractivity contribution is 0.0540. The smallest absolute Gasteiger partial charge is 0.331 e. The topological polar surface area (TPSA) is 79.0 Å². The average molecular weight is 613 g/mol. The zero-order valence-corrected chi connectivity index (χ0v) is 23.8. The van der Waals surface area contributed by atoms with Gasteiger partial charge in [-0.2, -0.15) is 0 Å². The van der Waals surface area contributed by atoms with Crippen LogP contribution in [0, 0.1) is 0 Å². The van der Waals surface area contributed by atoms with Crippen LogP contribution in [0.4, 0.5) is 4.79 Å². The minimum Gasteiger partial charge on any atom is -0.490 e. The molecule has 0 unspecified atom stereocenters. The fourth-order valence-electron chi connectivity index (χ4n) is 4.59. The fraction of sp³-hybridized carbons (Fsp3) is 0.478. The van der Waals surface area contributed by atoms with E-state index in [0.717, 1.165) is 38.8 Å². The number of nitrogens with zero attached hydrogens (tertiary/aromatic N) is 2. The monoisotopic (exact) mass is 611 g/mol. The van der Waals surface area contributed by atoms with Gasteiger partial charge in [-0.1, -0.05) is 58.6 Å². The van der Waals surface area contributed by atoms with Crippen molar-refractivity contribution in [2.45, 2.75) is 44.2 Å². The fourth-order valence-corrected chi connectivity index (χ4v) is 7.15. The molecular weight excluding hydrogens is 588 g/mol. The van der Waals surface area contributed by atoms with Crippen LogP contribution >= 0.6 is 58.6 Å². The van der Waals surface area contributed by atoms with Crippen LogP contribution in [0.1, 0.15) is 32.1 Å². The number of carbonyl (C=O) groups excluding carboxylic acids is 1. The largest absolute Gasteiger partial charge is 0.490 e. The Bertz CT molecular complexity index is 1210. The Balaban J connectivity index is 1.25. The number of halogens is 4. The number of nitrogens with one attached hydrogen (secondary N) is 1. The molecular formula is C23H25Cl4N3O4S2. The number of sulfonamides is 1. The Morgan fingerprint density at radius 2 is 1.67 bits per heavy atom. The molecule has 2 amide bonds. The second kappa shape index (κ2) is 11.8. The highest BCUT2D eigenvalue weighted by molar-refractivity contribution is 7.94. The highest BCUT2D eigenvalue weighted by Gasteiger charge is 2.33. The lowest BCUT2D eigenvalue weighted by Gasteiger charge is -2.41. The Labute approximate surface area is 236 Å². The number of likely N-dealkylation sites (tertiary alicyclic amines) is 2. The molecule has 1 aliphatic carbocycles. The quantitative estimate of drug-likeness (QED) is 0.431. The first-order valence-electron chi connectivity index (χ1n) is 11.5. The van der Waals surface area contributed by atoms with Gasteiger partial charge in [0.1, 0.15) is 16.8 Å². The number of allylic oxidation sites excluding steroid dienone is 3. The second-order valence-corrected chi connectivity index (χ2v) is 12.7. The van der Waals surface area contributed by atoms with E-state index in [1.807, 2.05) is 6.07 Å². The van der Waals surface area contributed by atoms with Crippen LogP contribution in [0.5, 0.6) is 5.75 Å². The van der Waals surface area contributed by atoms with E-state index in [1.54, 1.807) is 12.1 Å². The van der Waals surface area contributed by atoms with E-state index in [9.17, 15) is 13.2 Å². The molecule has 196 valence electrons. The summed E-state index contributed by atoms with van der Waals surface area (Å²) in [6, 6.07) is 4.92. The van der Waals surface area contributed by atoms with Crippen molar-refractivity contribution in [3.8, 4) is 5.75 Å². The number of hydrogen-bond donors (Lipinski definition) is 1. The molecule has 13 heteroatoms. The maximum absolute atomic E-state index is 12.8. The average Bonchev–Trinajstić information content (AvgIpc) is 2.84. The van der Waals surface area contributed by atoms with Gasteiger partial charge in [0.2, 0.25) is 0 Å². The van der Waals surface area contributed by atoms with Gasteiger partial charge in [-0.3, -0.25) is 4.90 Å². The molecule has 1 aromatic carbocycles. The number of rotatable bonds is 5. The Morgan fingerprint density at radius 3 is 2.31 bits per heavy atom. The van der Waals surface area contributed by atoms with Crippen molar-refractivity contribution in [3.63, 3.8) is 0 Å². The predicted octanol–water partition coefficient (Wildman–Crippen LogP) is 5.69. The van der Waals surface area contributed by atoms with Crippen molar-refractivity contribution >= 4 is 79.5 Å². The normalized spacial score (nSPS) is 20.9. The van der Waals surface area contributed by atoms with Crippen LogP contribution in [0.15, 0.2) is 39.2 Å². The van der Waals surface area contributed by atoms with E-state index in [4.69, 9.17) is 63.4 Å². The number of benzene rings is 1. The summed E-state index contributed by atoms with van der Waals surface area (Å²) in [5, 5.41) is 1.14. The van der Waals surface area contributed by atoms with Crippen molar-refractivity contribution in [2.75, 3.05) is 26.2 Å². The van der Waals surface area contributed by atoms with Crippen molar-refractivity contribution < 1.29 is 17.9 Å². The van der Waals surface area contributed by atoms with E-state index < -0.39 is 16.1 Å². The van der Waals surface area contributed by atoms with E-state index >= 15 is 0 Å². The number of ether oxygens (including phenoxy) is 1. The van der Waals surface area contributed by atoms with Gasteiger partial charge in [-0.25, -0.2) is 17.9 Å². The van der Waals surface area contributed by atoms with E-state index in [2.05, 4.69) is 9.62 Å². The maximum atomic E-state index is 12.8. The molecule has 0 atom stereocenters. The highest BCUT2D eigenvalue weighted by atomic mass is 35.5. The molecule has 2 heterocycles. The maximum Gasteiger partial charge on any atom is 0.331 e. The first kappa shape index (κ1) is 28.0. The standard InChI is InChI=1S/C23H25Cl4N3O4S2/c24-14-11-20(35)22(27)21(12-14)36(32,33)28-23(31)30-7-3-15(4-8-30)29-9-5-16(6-10-29)34-17-1-2-18(25)19(26)13-17/h1-2,12-13,15-16H,3-11H2,(H,28,31). The predicted molar refractivity (Wildman–Crippen MR) is 148 cm³/mol. The molecule has 0 radical (unpaired) electrons. The SMILES string of the molecule is O=C(NS(=O)(=O)C1=C(Cl)C(=S)CC(Cl)=C1)N1CCC(N2CCC(Oc3ccc(Cl)c(Cl)c3)CC2)CC1. The zero-order chi connectivity index (χ0) is 26.0. The number of piperidine rings is 2. The van der Waals surface area contributed by atoms with Gasteiger partial charge >= 0.3 is 6.03 Å². The summed E-state index contributed by atoms with van der Waals surface area (Å²) in [5.41, 5.74) is 0. The molecule has 3 aliphatic rings. The molecule has 2 aliphatic heterocycles. The summed E-state index contributed by atoms with van der Waals surface area (Å²) in [7, 11) is -4.20. The van der Waals surface area contributed by atoms with Gasteiger partial charge in [0.05, 0.1) is 15.1 Å². The minimum absolute atomic E-state index is 0.0834. The first-order chi connectivity index (χ1) is 17.0. The summed E-state index contributed by atoms with van der Waals surface area (Å²) in [6.45, 7) is 2.68. The van der Waals surface area contributed by atoms with E-state index in [1.165, 1.54) is 11.0 Å².